The van der Waals surface area contributed by atoms with Crippen LogP contribution in [0, 0.1) is 11.3 Å². The molecule has 0 amide bonds. The predicted molar refractivity (Wildman–Crippen MR) is 94.4 cm³/mol. The highest BCUT2D eigenvalue weighted by molar-refractivity contribution is 5.97. The molecule has 0 aliphatic carbocycles. The molecule has 1 aromatic carbocycles. The Morgan fingerprint density at radius 1 is 1.24 bits per heavy atom. The van der Waals surface area contributed by atoms with Crippen LogP contribution in [0.1, 0.15) is 34.9 Å². The first-order valence-electron chi connectivity index (χ1n) is 8.35. The third-order valence-electron chi connectivity index (χ3n) is 4.72. The Balaban J connectivity index is 1.92. The van der Waals surface area contributed by atoms with E-state index in [9.17, 15) is 4.79 Å². The van der Waals surface area contributed by atoms with Crippen LogP contribution < -0.4 is 0 Å². The van der Waals surface area contributed by atoms with Gasteiger partial charge in [0.25, 0.3) is 0 Å². The van der Waals surface area contributed by atoms with E-state index in [1.807, 2.05) is 30.3 Å². The van der Waals surface area contributed by atoms with Crippen LogP contribution in [0.2, 0.25) is 0 Å². The minimum absolute atomic E-state index is 0.339. The Labute approximate surface area is 145 Å². The predicted octanol–water partition coefficient (Wildman–Crippen LogP) is 3.74. The molecule has 1 saturated heterocycles. The van der Waals surface area contributed by atoms with Crippen LogP contribution in [0.5, 0.6) is 0 Å². The highest BCUT2D eigenvalue weighted by Crippen LogP contribution is 2.34. The molecule has 124 valence electrons. The molecule has 1 fully saturated rings. The SMILES string of the molecule is N#Cc1cccc(-c2cn(C3CCOCC3)c3cc(C=O)ccc23)n1. The third-order valence-corrected chi connectivity index (χ3v) is 4.72. The minimum Gasteiger partial charge on any atom is -0.381 e. The van der Waals surface area contributed by atoms with E-state index >= 15 is 0 Å². The summed E-state index contributed by atoms with van der Waals surface area (Å²) in [7, 11) is 0. The molecule has 0 bridgehead atoms. The van der Waals surface area contributed by atoms with E-state index in [1.54, 1.807) is 6.07 Å². The maximum Gasteiger partial charge on any atom is 0.150 e. The molecule has 4 rings (SSSR count). The number of nitrogens with zero attached hydrogens (tertiary/aromatic N) is 3. The fourth-order valence-electron chi connectivity index (χ4n) is 3.46. The second-order valence-electron chi connectivity index (χ2n) is 6.21. The zero-order chi connectivity index (χ0) is 17.2. The lowest BCUT2D eigenvalue weighted by Crippen LogP contribution is -2.18. The van der Waals surface area contributed by atoms with Crippen LogP contribution in [0.3, 0.4) is 0 Å². The molecule has 5 heteroatoms. The van der Waals surface area contributed by atoms with Gasteiger partial charge in [-0.15, -0.1) is 0 Å². The van der Waals surface area contributed by atoms with Crippen molar-refractivity contribution in [1.29, 1.82) is 5.26 Å². The highest BCUT2D eigenvalue weighted by Gasteiger charge is 2.20. The monoisotopic (exact) mass is 331 g/mol. The van der Waals surface area contributed by atoms with Gasteiger partial charge >= 0.3 is 0 Å². The molecule has 1 aliphatic heterocycles. The van der Waals surface area contributed by atoms with Gasteiger partial charge in [-0.2, -0.15) is 5.26 Å². The Kier molecular flexibility index (Phi) is 4.04. The van der Waals surface area contributed by atoms with Gasteiger partial charge in [-0.05, 0) is 31.0 Å². The first-order valence-corrected chi connectivity index (χ1v) is 8.35. The third kappa shape index (κ3) is 2.81. The minimum atomic E-state index is 0.339. The zero-order valence-electron chi connectivity index (χ0n) is 13.7. The summed E-state index contributed by atoms with van der Waals surface area (Å²) >= 11 is 0. The van der Waals surface area contributed by atoms with E-state index in [-0.39, 0.29) is 0 Å². The molecule has 3 aromatic rings. The van der Waals surface area contributed by atoms with Gasteiger partial charge in [-0.3, -0.25) is 4.79 Å². The van der Waals surface area contributed by atoms with Gasteiger partial charge in [0.2, 0.25) is 0 Å². The number of rotatable bonds is 3. The van der Waals surface area contributed by atoms with Crippen molar-refractivity contribution in [3.63, 3.8) is 0 Å². The zero-order valence-corrected chi connectivity index (χ0v) is 13.7. The number of aromatic nitrogens is 2. The van der Waals surface area contributed by atoms with Crippen molar-refractivity contribution >= 4 is 17.2 Å². The normalized spacial score (nSPS) is 15.2. The van der Waals surface area contributed by atoms with E-state index in [0.717, 1.165) is 54.5 Å². The summed E-state index contributed by atoms with van der Waals surface area (Å²) in [6.07, 6.45) is 4.86. The van der Waals surface area contributed by atoms with Gasteiger partial charge < -0.3 is 9.30 Å². The summed E-state index contributed by atoms with van der Waals surface area (Å²) in [5.74, 6) is 0. The Hall–Kier alpha value is -2.97. The van der Waals surface area contributed by atoms with Crippen molar-refractivity contribution in [2.45, 2.75) is 18.9 Å². The first-order chi connectivity index (χ1) is 12.3. The number of ether oxygens (including phenoxy) is 1. The molecule has 0 spiro atoms. The van der Waals surface area contributed by atoms with Crippen LogP contribution in [0.15, 0.2) is 42.6 Å². The number of fused-ring (bicyclic) bond motifs is 1. The van der Waals surface area contributed by atoms with Crippen molar-refractivity contribution < 1.29 is 9.53 Å². The molecule has 5 nitrogen and oxygen atoms in total. The number of hydrogen-bond acceptors (Lipinski definition) is 4. The average molecular weight is 331 g/mol. The molecule has 3 heterocycles. The molecule has 0 atom stereocenters. The van der Waals surface area contributed by atoms with Gasteiger partial charge in [0, 0.05) is 47.5 Å². The number of benzene rings is 1. The molecule has 1 aliphatic rings. The van der Waals surface area contributed by atoms with E-state index in [0.29, 0.717) is 17.3 Å². The lowest BCUT2D eigenvalue weighted by molar-refractivity contribution is 0.0707. The van der Waals surface area contributed by atoms with Crippen molar-refractivity contribution in [2.75, 3.05) is 13.2 Å². The van der Waals surface area contributed by atoms with Gasteiger partial charge in [0.1, 0.15) is 18.0 Å². The lowest BCUT2D eigenvalue weighted by Gasteiger charge is -2.24. The smallest absolute Gasteiger partial charge is 0.150 e. The van der Waals surface area contributed by atoms with Crippen LogP contribution in [0.25, 0.3) is 22.2 Å². The fraction of sp³-hybridized carbons (Fsp3) is 0.250. The maximum atomic E-state index is 11.2. The average Bonchev–Trinajstić information content (AvgIpc) is 3.07. The highest BCUT2D eigenvalue weighted by atomic mass is 16.5. The summed E-state index contributed by atoms with van der Waals surface area (Å²) in [6, 6.07) is 13.6. The van der Waals surface area contributed by atoms with Gasteiger partial charge in [-0.25, -0.2) is 4.98 Å². The molecular formula is C20H17N3O2. The summed E-state index contributed by atoms with van der Waals surface area (Å²) in [5, 5.41) is 10.2. The number of hydrogen-bond donors (Lipinski definition) is 0. The largest absolute Gasteiger partial charge is 0.381 e. The number of aldehydes is 1. The fourth-order valence-corrected chi connectivity index (χ4v) is 3.46. The van der Waals surface area contributed by atoms with Crippen LogP contribution >= 0.6 is 0 Å². The van der Waals surface area contributed by atoms with E-state index in [2.05, 4.69) is 21.8 Å². The van der Waals surface area contributed by atoms with Gasteiger partial charge in [0.05, 0.1) is 5.69 Å². The van der Waals surface area contributed by atoms with Crippen molar-refractivity contribution in [1.82, 2.24) is 9.55 Å². The summed E-state index contributed by atoms with van der Waals surface area (Å²) in [4.78, 5) is 15.7. The van der Waals surface area contributed by atoms with Crippen LogP contribution in [0.4, 0.5) is 0 Å². The van der Waals surface area contributed by atoms with Crippen molar-refractivity contribution in [3.05, 3.63) is 53.9 Å². The number of nitriles is 1. The number of carbonyl (C=O) groups excluding carboxylic acids is 1. The van der Waals surface area contributed by atoms with Gasteiger partial charge in [0.15, 0.2) is 0 Å². The molecular weight excluding hydrogens is 314 g/mol. The molecule has 2 aromatic heterocycles. The molecule has 0 N–H and O–H groups in total. The summed E-state index contributed by atoms with van der Waals surface area (Å²) < 4.78 is 7.72. The van der Waals surface area contributed by atoms with Gasteiger partial charge in [-0.1, -0.05) is 18.2 Å². The number of pyridine rings is 1. The van der Waals surface area contributed by atoms with E-state index in [1.165, 1.54) is 0 Å². The first kappa shape index (κ1) is 15.6. The molecule has 0 radical (unpaired) electrons. The molecule has 0 unspecified atom stereocenters. The Bertz CT molecular complexity index is 978. The molecule has 25 heavy (non-hydrogen) atoms. The van der Waals surface area contributed by atoms with Crippen LogP contribution in [-0.4, -0.2) is 29.1 Å². The quantitative estimate of drug-likeness (QED) is 0.686. The maximum absolute atomic E-state index is 11.2. The topological polar surface area (TPSA) is 67.9 Å². The Morgan fingerprint density at radius 3 is 2.84 bits per heavy atom. The van der Waals surface area contributed by atoms with E-state index < -0.39 is 0 Å². The van der Waals surface area contributed by atoms with E-state index in [4.69, 9.17) is 10.00 Å². The molecule has 0 saturated carbocycles. The second kappa shape index (κ2) is 6.50. The second-order valence-corrected chi connectivity index (χ2v) is 6.21. The summed E-state index contributed by atoms with van der Waals surface area (Å²) in [6.45, 7) is 1.49. The summed E-state index contributed by atoms with van der Waals surface area (Å²) in [5.41, 5.74) is 3.83. The lowest BCUT2D eigenvalue weighted by atomic mass is 10.1. The van der Waals surface area contributed by atoms with Crippen LogP contribution in [-0.2, 0) is 4.74 Å². The van der Waals surface area contributed by atoms with Crippen molar-refractivity contribution in [2.24, 2.45) is 0 Å². The standard InChI is InChI=1S/C20H17N3O2/c21-11-15-2-1-3-19(22-15)18-12-23(16-6-8-25-9-7-16)20-10-14(13-24)4-5-17(18)20/h1-5,10,12-13,16H,6-9H2. The van der Waals surface area contributed by atoms with Crippen molar-refractivity contribution in [3.8, 4) is 17.3 Å². The Morgan fingerprint density at radius 2 is 2.08 bits per heavy atom. The number of carbonyl (C=O) groups is 1.